The van der Waals surface area contributed by atoms with E-state index in [2.05, 4.69) is 31.7 Å². The molecule has 0 radical (unpaired) electrons. The van der Waals surface area contributed by atoms with Gasteiger partial charge in [0.15, 0.2) is 0 Å². The zero-order valence-electron chi connectivity index (χ0n) is 18.0. The molecule has 158 valence electrons. The van der Waals surface area contributed by atoms with Crippen molar-refractivity contribution in [1.82, 2.24) is 20.4 Å². The van der Waals surface area contributed by atoms with Gasteiger partial charge < -0.3 is 15.4 Å². The van der Waals surface area contributed by atoms with Crippen LogP contribution >= 0.6 is 15.9 Å². The molecular weight excluding hydrogens is 436 g/mol. The zero-order chi connectivity index (χ0) is 22.0. The number of carbonyl (C=O) groups excluding carboxylic acids is 2. The van der Waals surface area contributed by atoms with Crippen LogP contribution in [0.3, 0.4) is 0 Å². The summed E-state index contributed by atoms with van der Waals surface area (Å²) >= 11 is 3.52. The lowest BCUT2D eigenvalue weighted by Crippen LogP contribution is -2.52. The second-order valence-corrected chi connectivity index (χ2v) is 9.43. The molecule has 0 fully saturated rings. The molecule has 2 rings (SSSR count). The van der Waals surface area contributed by atoms with Crippen LogP contribution in [0.4, 0.5) is 4.79 Å². The lowest BCUT2D eigenvalue weighted by Gasteiger charge is -2.28. The van der Waals surface area contributed by atoms with E-state index < -0.39 is 17.2 Å². The van der Waals surface area contributed by atoms with Crippen LogP contribution in [0.1, 0.15) is 56.4 Å². The third-order valence-corrected chi connectivity index (χ3v) is 5.25. The Morgan fingerprint density at radius 1 is 1.10 bits per heavy atom. The van der Waals surface area contributed by atoms with Crippen molar-refractivity contribution in [2.24, 2.45) is 0 Å². The summed E-state index contributed by atoms with van der Waals surface area (Å²) in [4.78, 5) is 24.5. The number of ether oxygens (including phenoxy) is 1. The molecule has 0 unspecified atom stereocenters. The Morgan fingerprint density at radius 3 is 2.17 bits per heavy atom. The molecule has 0 spiro atoms. The number of nitrogens with one attached hydrogen (secondary N) is 2. The third-order valence-electron chi connectivity index (χ3n) is 4.10. The van der Waals surface area contributed by atoms with Crippen molar-refractivity contribution in [2.75, 3.05) is 6.54 Å². The number of hydrogen-bond acceptors (Lipinski definition) is 4. The fourth-order valence-corrected chi connectivity index (χ4v) is 2.91. The summed E-state index contributed by atoms with van der Waals surface area (Å²) in [5.74, 6) is -0.220. The van der Waals surface area contributed by atoms with Crippen molar-refractivity contribution in [3.05, 3.63) is 45.7 Å². The largest absolute Gasteiger partial charge is 0.444 e. The molecule has 0 atom stereocenters. The molecule has 0 bridgehead atoms. The average molecular weight is 465 g/mol. The highest BCUT2D eigenvalue weighted by Crippen LogP contribution is 2.23. The second kappa shape index (κ2) is 8.57. The van der Waals surface area contributed by atoms with Gasteiger partial charge in [-0.3, -0.25) is 4.79 Å². The van der Waals surface area contributed by atoms with Gasteiger partial charge in [0.1, 0.15) is 5.60 Å². The first-order valence-corrected chi connectivity index (χ1v) is 10.2. The number of aromatic nitrogens is 2. The molecule has 2 aromatic rings. The molecule has 0 saturated carbocycles. The van der Waals surface area contributed by atoms with Gasteiger partial charge in [0.25, 0.3) is 5.91 Å². The minimum absolute atomic E-state index is 0.220. The zero-order valence-corrected chi connectivity index (χ0v) is 19.6. The van der Waals surface area contributed by atoms with Gasteiger partial charge in [0, 0.05) is 12.1 Å². The number of alkyl carbamates (subject to hydrolysis) is 1. The lowest BCUT2D eigenvalue weighted by molar-refractivity contribution is 0.0509. The number of rotatable bonds is 5. The summed E-state index contributed by atoms with van der Waals surface area (Å²) in [6.07, 6.45) is -0.514. The molecule has 2 amide bonds. The predicted molar refractivity (Wildman–Crippen MR) is 117 cm³/mol. The number of aryl methyl sites for hydroxylation is 1. The Balaban J connectivity index is 2.01. The van der Waals surface area contributed by atoms with Gasteiger partial charge in [-0.25, -0.2) is 9.48 Å². The minimum atomic E-state index is -0.646. The van der Waals surface area contributed by atoms with Crippen LogP contribution in [-0.2, 0) is 4.74 Å². The normalized spacial score (nSPS) is 11.9. The highest BCUT2D eigenvalue weighted by molar-refractivity contribution is 9.10. The molecule has 1 aromatic heterocycles. The van der Waals surface area contributed by atoms with Crippen LogP contribution in [0.15, 0.2) is 28.7 Å². The second-order valence-electron chi connectivity index (χ2n) is 8.64. The molecule has 1 aromatic carbocycles. The summed E-state index contributed by atoms with van der Waals surface area (Å²) < 4.78 is 8.02. The molecule has 29 heavy (non-hydrogen) atoms. The van der Waals surface area contributed by atoms with Gasteiger partial charge in [-0.15, -0.1) is 0 Å². The summed E-state index contributed by atoms with van der Waals surface area (Å²) in [7, 11) is 0. The van der Waals surface area contributed by atoms with E-state index in [1.54, 1.807) is 32.9 Å². The predicted octanol–water partition coefficient (Wildman–Crippen LogP) is 4.28. The van der Waals surface area contributed by atoms with Crippen LogP contribution in [0.2, 0.25) is 0 Å². The van der Waals surface area contributed by atoms with Gasteiger partial charge in [0.05, 0.1) is 27.1 Å². The molecule has 0 aliphatic heterocycles. The van der Waals surface area contributed by atoms with Crippen LogP contribution in [0.25, 0.3) is 5.69 Å². The van der Waals surface area contributed by atoms with Crippen LogP contribution in [0.5, 0.6) is 0 Å². The molecule has 7 nitrogen and oxygen atoms in total. The quantitative estimate of drug-likeness (QED) is 0.690. The number of amides is 2. The van der Waals surface area contributed by atoms with Gasteiger partial charge >= 0.3 is 6.09 Å². The number of hydrogen-bond donors (Lipinski definition) is 2. The van der Waals surface area contributed by atoms with Crippen LogP contribution in [-0.4, -0.2) is 39.5 Å². The van der Waals surface area contributed by atoms with E-state index in [0.29, 0.717) is 5.56 Å². The maximum Gasteiger partial charge on any atom is 0.407 e. The Morgan fingerprint density at radius 2 is 1.69 bits per heavy atom. The van der Waals surface area contributed by atoms with Gasteiger partial charge in [-0.1, -0.05) is 0 Å². The van der Waals surface area contributed by atoms with E-state index in [-0.39, 0.29) is 12.5 Å². The Hall–Kier alpha value is -2.35. The third kappa shape index (κ3) is 6.32. The van der Waals surface area contributed by atoms with E-state index in [0.717, 1.165) is 21.5 Å². The van der Waals surface area contributed by atoms with Crippen LogP contribution < -0.4 is 10.6 Å². The fraction of sp³-hybridized carbons (Fsp3) is 0.476. The number of halogens is 1. The minimum Gasteiger partial charge on any atom is -0.444 e. The van der Waals surface area contributed by atoms with E-state index in [4.69, 9.17) is 4.74 Å². The first-order valence-electron chi connectivity index (χ1n) is 9.40. The summed E-state index contributed by atoms with van der Waals surface area (Å²) in [6, 6.07) is 7.22. The first kappa shape index (κ1) is 22.9. The highest BCUT2D eigenvalue weighted by Gasteiger charge is 2.24. The van der Waals surface area contributed by atoms with Crippen molar-refractivity contribution in [1.29, 1.82) is 0 Å². The molecule has 0 saturated heterocycles. The van der Waals surface area contributed by atoms with Crippen molar-refractivity contribution in [3.63, 3.8) is 0 Å². The first-order chi connectivity index (χ1) is 13.3. The van der Waals surface area contributed by atoms with Crippen molar-refractivity contribution in [2.45, 2.75) is 59.6 Å². The number of benzene rings is 1. The Bertz CT molecular complexity index is 896. The summed E-state index contributed by atoms with van der Waals surface area (Å²) in [5, 5.41) is 10.1. The van der Waals surface area contributed by atoms with Crippen LogP contribution in [0, 0.1) is 13.8 Å². The van der Waals surface area contributed by atoms with Gasteiger partial charge in [-0.2, -0.15) is 5.10 Å². The number of carbonyl (C=O) groups is 2. The molecule has 1 heterocycles. The highest BCUT2D eigenvalue weighted by atomic mass is 79.9. The Kier molecular flexibility index (Phi) is 6.78. The molecule has 8 heteroatoms. The summed E-state index contributed by atoms with van der Waals surface area (Å²) in [6.45, 7) is 13.2. The molecule has 0 aliphatic rings. The van der Waals surface area contributed by atoms with Gasteiger partial charge in [-0.05, 0) is 88.7 Å². The molecule has 2 N–H and O–H groups in total. The standard InChI is InChI=1S/C21H29BrN4O3/c1-13-17(22)14(2)26(25-13)16-10-8-15(9-11-16)18(27)24-21(6,7)12-23-19(28)29-20(3,4)5/h8-11H,12H2,1-7H3,(H,23,28)(H,24,27). The molecule has 0 aliphatic carbocycles. The van der Waals surface area contributed by atoms with E-state index in [9.17, 15) is 9.59 Å². The van der Waals surface area contributed by atoms with Crippen molar-refractivity contribution >= 4 is 27.9 Å². The maximum absolute atomic E-state index is 12.6. The average Bonchev–Trinajstić information content (AvgIpc) is 2.86. The van der Waals surface area contributed by atoms with Crippen molar-refractivity contribution < 1.29 is 14.3 Å². The summed E-state index contributed by atoms with van der Waals surface area (Å²) in [5.41, 5.74) is 2.09. The van der Waals surface area contributed by atoms with Gasteiger partial charge in [0.2, 0.25) is 0 Å². The SMILES string of the molecule is Cc1nn(-c2ccc(C(=O)NC(C)(C)CNC(=O)OC(C)(C)C)cc2)c(C)c1Br. The lowest BCUT2D eigenvalue weighted by atomic mass is 10.0. The van der Waals surface area contributed by atoms with E-state index >= 15 is 0 Å². The monoisotopic (exact) mass is 464 g/mol. The Labute approximate surface area is 180 Å². The fourth-order valence-electron chi connectivity index (χ4n) is 2.66. The number of nitrogens with zero attached hydrogens (tertiary/aromatic N) is 2. The maximum atomic E-state index is 12.6. The topological polar surface area (TPSA) is 85.3 Å². The molecular formula is C21H29BrN4O3. The smallest absolute Gasteiger partial charge is 0.407 e. The van der Waals surface area contributed by atoms with Crippen molar-refractivity contribution in [3.8, 4) is 5.69 Å². The van der Waals surface area contributed by atoms with E-state index in [1.165, 1.54) is 0 Å². The van der Waals surface area contributed by atoms with E-state index in [1.807, 2.05) is 44.5 Å².